The highest BCUT2D eigenvalue weighted by atomic mass is 32.1. The van der Waals surface area contributed by atoms with Gasteiger partial charge in [-0.15, -0.1) is 5.10 Å². The summed E-state index contributed by atoms with van der Waals surface area (Å²) in [6.07, 6.45) is 0. The van der Waals surface area contributed by atoms with Gasteiger partial charge in [0.25, 0.3) is 0 Å². The first-order chi connectivity index (χ1) is 13.0. The van der Waals surface area contributed by atoms with Gasteiger partial charge in [0.1, 0.15) is 18.1 Å². The molecule has 3 rings (SSSR count). The van der Waals surface area contributed by atoms with Crippen molar-refractivity contribution >= 4 is 12.2 Å². The highest BCUT2D eigenvalue weighted by molar-refractivity contribution is 7.71. The first kappa shape index (κ1) is 19.3. The molecule has 0 aliphatic carbocycles. The van der Waals surface area contributed by atoms with Gasteiger partial charge in [-0.3, -0.25) is 0 Å². The van der Waals surface area contributed by atoms with E-state index in [9.17, 15) is 4.39 Å². The van der Waals surface area contributed by atoms with Gasteiger partial charge in [-0.25, -0.2) is 4.39 Å². The topological polar surface area (TPSA) is 36.4 Å². The Bertz CT molecular complexity index is 948. The average Bonchev–Trinajstić information content (AvgIpc) is 2.93. The molecule has 0 aliphatic rings. The van der Waals surface area contributed by atoms with Crippen LogP contribution in [0.4, 0.5) is 4.39 Å². The third-order valence-electron chi connectivity index (χ3n) is 4.30. The van der Waals surface area contributed by atoms with Gasteiger partial charge in [-0.05, 0) is 67.7 Å². The molecule has 27 heavy (non-hydrogen) atoms. The smallest absolute Gasteiger partial charge is 0.202 e. The van der Waals surface area contributed by atoms with E-state index in [1.54, 1.807) is 12.1 Å². The van der Waals surface area contributed by atoms with E-state index in [-0.39, 0.29) is 5.82 Å². The molecule has 1 aromatic heterocycles. The van der Waals surface area contributed by atoms with Crippen LogP contribution in [-0.2, 0) is 20.3 Å². The molecule has 1 N–H and O–H groups in total. The first-order valence-corrected chi connectivity index (χ1v) is 9.31. The second-order valence-corrected chi connectivity index (χ2v) is 6.91. The van der Waals surface area contributed by atoms with Crippen LogP contribution in [-0.4, -0.2) is 28.0 Å². The number of hydrogen-bond donors (Lipinski definition) is 1. The van der Waals surface area contributed by atoms with E-state index in [1.807, 2.05) is 35.4 Å². The van der Waals surface area contributed by atoms with E-state index < -0.39 is 0 Å². The predicted octanol–water partition coefficient (Wildman–Crippen LogP) is 2.83. The van der Waals surface area contributed by atoms with Crippen molar-refractivity contribution in [3.05, 3.63) is 64.7 Å². The van der Waals surface area contributed by atoms with Crippen molar-refractivity contribution in [1.29, 1.82) is 0 Å². The second kappa shape index (κ2) is 8.45. The number of ether oxygens (including phenoxy) is 1. The van der Waals surface area contributed by atoms with Gasteiger partial charge >= 0.3 is 0 Å². The summed E-state index contributed by atoms with van der Waals surface area (Å²) in [5, 5.41) is 4.64. The van der Waals surface area contributed by atoms with Crippen LogP contribution in [0.15, 0.2) is 48.5 Å². The van der Waals surface area contributed by atoms with Crippen LogP contribution >= 0.6 is 12.2 Å². The van der Waals surface area contributed by atoms with Gasteiger partial charge < -0.3 is 14.2 Å². The summed E-state index contributed by atoms with van der Waals surface area (Å²) in [4.78, 5) is 1.25. The van der Waals surface area contributed by atoms with E-state index in [2.05, 4.69) is 24.3 Å². The number of hydrogen-bond acceptors (Lipinski definition) is 3. The minimum Gasteiger partial charge on any atom is -0.494 e. The number of nitrogens with zero attached hydrogens (tertiary/aromatic N) is 3. The first-order valence-electron chi connectivity index (χ1n) is 8.90. The largest absolute Gasteiger partial charge is 0.494 e. The fourth-order valence-electron chi connectivity index (χ4n) is 2.97. The maximum atomic E-state index is 13.2. The van der Waals surface area contributed by atoms with Gasteiger partial charge in [0.05, 0.1) is 13.7 Å². The lowest BCUT2D eigenvalue weighted by molar-refractivity contribution is -0.917. The minimum atomic E-state index is -0.265. The van der Waals surface area contributed by atoms with Crippen LogP contribution in [0.2, 0.25) is 0 Å². The monoisotopic (exact) mass is 387 g/mol. The van der Waals surface area contributed by atoms with Crippen molar-refractivity contribution in [3.8, 4) is 17.1 Å². The average molecular weight is 388 g/mol. The number of benzene rings is 2. The lowest BCUT2D eigenvalue weighted by atomic mass is 10.2. The predicted molar refractivity (Wildman–Crippen MR) is 106 cm³/mol. The van der Waals surface area contributed by atoms with E-state index in [0.717, 1.165) is 23.7 Å². The van der Waals surface area contributed by atoms with Crippen LogP contribution < -0.4 is 9.64 Å². The highest BCUT2D eigenvalue weighted by Gasteiger charge is 2.13. The molecule has 142 valence electrons. The molecule has 3 aromatic rings. The fraction of sp³-hybridized carbons (Fsp3) is 0.300. The van der Waals surface area contributed by atoms with Crippen molar-refractivity contribution in [1.82, 2.24) is 14.3 Å². The fourth-order valence-corrected chi connectivity index (χ4v) is 3.16. The Labute approximate surface area is 163 Å². The molecule has 1 heterocycles. The zero-order chi connectivity index (χ0) is 19.4. The summed E-state index contributed by atoms with van der Waals surface area (Å²) < 4.78 is 23.0. The maximum absolute atomic E-state index is 13.2. The Morgan fingerprint density at radius 3 is 2.41 bits per heavy atom. The van der Waals surface area contributed by atoms with Gasteiger partial charge in [0.15, 0.2) is 12.5 Å². The van der Waals surface area contributed by atoms with Crippen LogP contribution in [0.5, 0.6) is 5.75 Å². The SMILES string of the molecule is CCOc1ccc(C[NH+](C)Cn2nc(-c3ccc(F)cc3)n(C)c2=S)cc1. The zero-order valence-electron chi connectivity index (χ0n) is 15.8. The molecule has 2 aromatic carbocycles. The summed E-state index contributed by atoms with van der Waals surface area (Å²) in [7, 11) is 3.98. The molecule has 0 saturated heterocycles. The number of nitrogens with one attached hydrogen (secondary N) is 1. The second-order valence-electron chi connectivity index (χ2n) is 6.54. The Balaban J connectivity index is 1.72. The van der Waals surface area contributed by atoms with Crippen molar-refractivity contribution in [2.45, 2.75) is 20.1 Å². The zero-order valence-corrected chi connectivity index (χ0v) is 16.6. The highest BCUT2D eigenvalue weighted by Crippen LogP contribution is 2.17. The normalized spacial score (nSPS) is 12.1. The molecule has 5 nitrogen and oxygen atoms in total. The van der Waals surface area contributed by atoms with Crippen LogP contribution in [0.1, 0.15) is 12.5 Å². The summed E-state index contributed by atoms with van der Waals surface area (Å²) >= 11 is 5.53. The van der Waals surface area contributed by atoms with Crippen molar-refractivity contribution in [2.75, 3.05) is 13.7 Å². The Morgan fingerprint density at radius 1 is 1.11 bits per heavy atom. The number of rotatable bonds is 7. The van der Waals surface area contributed by atoms with Gasteiger partial charge in [0.2, 0.25) is 4.77 Å². The lowest BCUT2D eigenvalue weighted by Crippen LogP contribution is -3.07. The summed E-state index contributed by atoms with van der Waals surface area (Å²) in [6, 6.07) is 14.4. The molecule has 7 heteroatoms. The molecule has 0 aliphatic heterocycles. The summed E-state index contributed by atoms with van der Waals surface area (Å²) in [6.45, 7) is 4.12. The van der Waals surface area contributed by atoms with E-state index in [4.69, 9.17) is 17.0 Å². The third kappa shape index (κ3) is 4.61. The van der Waals surface area contributed by atoms with Crippen LogP contribution in [0, 0.1) is 10.6 Å². The maximum Gasteiger partial charge on any atom is 0.202 e. The molecule has 0 spiro atoms. The molecule has 0 amide bonds. The Kier molecular flexibility index (Phi) is 6.03. The molecule has 0 bridgehead atoms. The standard InChI is InChI=1S/C20H23FN4OS/c1-4-26-18-11-5-15(6-12-18)13-23(2)14-25-20(27)24(3)19(22-25)16-7-9-17(21)10-8-16/h5-12H,4,13-14H2,1-3H3/p+1. The Morgan fingerprint density at radius 2 is 1.78 bits per heavy atom. The molecule has 1 atom stereocenters. The molecule has 0 fully saturated rings. The van der Waals surface area contributed by atoms with E-state index in [0.29, 0.717) is 18.0 Å². The molecular weight excluding hydrogens is 363 g/mol. The van der Waals surface area contributed by atoms with Gasteiger partial charge in [-0.2, -0.15) is 4.68 Å². The van der Waals surface area contributed by atoms with Crippen LogP contribution in [0.25, 0.3) is 11.4 Å². The Hall–Kier alpha value is -2.51. The summed E-state index contributed by atoms with van der Waals surface area (Å²) in [5.74, 6) is 1.35. The molecule has 0 radical (unpaired) electrons. The molecular formula is C20H24FN4OS+. The molecule has 0 saturated carbocycles. The van der Waals surface area contributed by atoms with Crippen molar-refractivity contribution in [2.24, 2.45) is 7.05 Å². The van der Waals surface area contributed by atoms with Gasteiger partial charge in [-0.1, -0.05) is 0 Å². The van der Waals surface area contributed by atoms with Crippen molar-refractivity contribution in [3.63, 3.8) is 0 Å². The summed E-state index contributed by atoms with van der Waals surface area (Å²) in [5.41, 5.74) is 2.06. The van der Waals surface area contributed by atoms with Gasteiger partial charge in [0, 0.05) is 18.2 Å². The number of aromatic nitrogens is 3. The number of halogens is 1. The molecule has 1 unspecified atom stereocenters. The number of quaternary nitrogens is 1. The van der Waals surface area contributed by atoms with Crippen LogP contribution in [0.3, 0.4) is 0 Å². The van der Waals surface area contributed by atoms with E-state index >= 15 is 0 Å². The third-order valence-corrected chi connectivity index (χ3v) is 4.79. The minimum absolute atomic E-state index is 0.265. The lowest BCUT2D eigenvalue weighted by Gasteiger charge is -2.14. The van der Waals surface area contributed by atoms with Crippen molar-refractivity contribution < 1.29 is 14.0 Å². The quantitative estimate of drug-likeness (QED) is 0.634. The van der Waals surface area contributed by atoms with E-state index in [1.165, 1.54) is 22.6 Å².